The van der Waals surface area contributed by atoms with Gasteiger partial charge in [0.15, 0.2) is 5.96 Å². The van der Waals surface area contributed by atoms with Crippen molar-refractivity contribution >= 4 is 29.9 Å². The summed E-state index contributed by atoms with van der Waals surface area (Å²) in [6, 6.07) is 3.36. The molecule has 0 saturated carbocycles. The van der Waals surface area contributed by atoms with Gasteiger partial charge < -0.3 is 10.6 Å². The first kappa shape index (κ1) is 15.9. The zero-order chi connectivity index (χ0) is 12.8. The highest BCUT2D eigenvalue weighted by molar-refractivity contribution is 14.0. The predicted octanol–water partition coefficient (Wildman–Crippen LogP) is 2.22. The first-order chi connectivity index (χ1) is 8.79. The molecule has 0 aromatic carbocycles. The largest absolute Gasteiger partial charge is 0.353 e. The minimum Gasteiger partial charge on any atom is -0.353 e. The van der Waals surface area contributed by atoms with Gasteiger partial charge in [0, 0.05) is 19.3 Å². The summed E-state index contributed by atoms with van der Waals surface area (Å²) in [5.41, 5.74) is 0.394. The van der Waals surface area contributed by atoms with Crippen LogP contribution in [0, 0.1) is 5.82 Å². The average Bonchev–Trinajstić information content (AvgIpc) is 2.89. The maximum atomic E-state index is 13.4. The summed E-state index contributed by atoms with van der Waals surface area (Å²) in [6.07, 6.45) is 7.86. The Morgan fingerprint density at radius 2 is 2.21 bits per heavy atom. The second-order valence-electron chi connectivity index (χ2n) is 4.14. The van der Waals surface area contributed by atoms with E-state index in [4.69, 9.17) is 0 Å². The van der Waals surface area contributed by atoms with Gasteiger partial charge in [0.05, 0.1) is 12.2 Å². The molecule has 1 aromatic rings. The minimum atomic E-state index is -0.303. The molecule has 0 saturated heterocycles. The molecule has 0 fully saturated rings. The number of nitrogens with one attached hydrogen (secondary N) is 2. The van der Waals surface area contributed by atoms with Crippen LogP contribution >= 0.6 is 24.0 Å². The van der Waals surface area contributed by atoms with Crippen molar-refractivity contribution in [3.05, 3.63) is 42.0 Å². The number of hydrogen-bond acceptors (Lipinski definition) is 2. The van der Waals surface area contributed by atoms with Crippen LogP contribution in [0.15, 0.2) is 35.5 Å². The lowest BCUT2D eigenvalue weighted by Crippen LogP contribution is -2.42. The van der Waals surface area contributed by atoms with Crippen molar-refractivity contribution in [2.45, 2.75) is 25.4 Å². The van der Waals surface area contributed by atoms with E-state index in [1.165, 1.54) is 6.07 Å². The molecule has 0 aliphatic heterocycles. The van der Waals surface area contributed by atoms with Crippen molar-refractivity contribution in [3.8, 4) is 0 Å². The summed E-state index contributed by atoms with van der Waals surface area (Å²) in [4.78, 5) is 8.10. The molecule has 1 aliphatic carbocycles. The molecule has 0 unspecified atom stereocenters. The SMILES string of the molecule is CN=C(NCc1ncccc1F)NC1CC=CC1.I. The zero-order valence-electron chi connectivity index (χ0n) is 10.8. The van der Waals surface area contributed by atoms with Gasteiger partial charge in [0.2, 0.25) is 0 Å². The smallest absolute Gasteiger partial charge is 0.191 e. The molecule has 2 rings (SSSR count). The topological polar surface area (TPSA) is 49.3 Å². The van der Waals surface area contributed by atoms with E-state index in [0.717, 1.165) is 12.8 Å². The number of nitrogens with zero attached hydrogens (tertiary/aromatic N) is 2. The van der Waals surface area contributed by atoms with Crippen molar-refractivity contribution in [2.24, 2.45) is 4.99 Å². The van der Waals surface area contributed by atoms with Crippen LogP contribution in [0.25, 0.3) is 0 Å². The van der Waals surface area contributed by atoms with Crippen molar-refractivity contribution < 1.29 is 4.39 Å². The molecule has 0 radical (unpaired) electrons. The summed E-state index contributed by atoms with van der Waals surface area (Å²) in [5.74, 6) is 0.372. The molecule has 2 N–H and O–H groups in total. The fraction of sp³-hybridized carbons (Fsp3) is 0.385. The lowest BCUT2D eigenvalue weighted by Gasteiger charge is -2.16. The van der Waals surface area contributed by atoms with Gasteiger partial charge in [-0.3, -0.25) is 9.98 Å². The number of guanidine groups is 1. The maximum absolute atomic E-state index is 13.4. The molecule has 0 atom stereocenters. The van der Waals surface area contributed by atoms with Gasteiger partial charge in [0.1, 0.15) is 5.82 Å². The van der Waals surface area contributed by atoms with Crippen LogP contribution in [0.3, 0.4) is 0 Å². The van der Waals surface area contributed by atoms with E-state index in [1.54, 1.807) is 19.3 Å². The third kappa shape index (κ3) is 4.77. The number of rotatable bonds is 3. The van der Waals surface area contributed by atoms with Gasteiger partial charge in [0.25, 0.3) is 0 Å². The van der Waals surface area contributed by atoms with E-state index in [9.17, 15) is 4.39 Å². The Labute approximate surface area is 129 Å². The molecule has 6 heteroatoms. The van der Waals surface area contributed by atoms with Gasteiger partial charge in [-0.1, -0.05) is 12.2 Å². The highest BCUT2D eigenvalue weighted by atomic mass is 127. The number of halogens is 2. The fourth-order valence-corrected chi connectivity index (χ4v) is 1.84. The number of hydrogen-bond donors (Lipinski definition) is 2. The molecule has 1 heterocycles. The highest BCUT2D eigenvalue weighted by Gasteiger charge is 2.12. The van der Waals surface area contributed by atoms with E-state index >= 15 is 0 Å². The van der Waals surface area contributed by atoms with Crippen molar-refractivity contribution in [1.29, 1.82) is 0 Å². The van der Waals surface area contributed by atoms with Gasteiger partial charge in [-0.15, -0.1) is 24.0 Å². The monoisotopic (exact) mass is 376 g/mol. The Bertz CT molecular complexity index is 454. The summed E-state index contributed by atoms with van der Waals surface area (Å²) in [6.45, 7) is 0.326. The predicted molar refractivity (Wildman–Crippen MR) is 85.1 cm³/mol. The highest BCUT2D eigenvalue weighted by Crippen LogP contribution is 2.08. The molecule has 104 valence electrons. The van der Waals surface area contributed by atoms with E-state index < -0.39 is 0 Å². The quantitative estimate of drug-likeness (QED) is 0.368. The van der Waals surface area contributed by atoms with Crippen LogP contribution in [0.5, 0.6) is 0 Å². The summed E-state index contributed by atoms with van der Waals surface area (Å²) >= 11 is 0. The Kier molecular flexibility index (Phi) is 6.75. The van der Waals surface area contributed by atoms with Gasteiger partial charge in [-0.2, -0.15) is 0 Å². The molecular formula is C13H18FIN4. The zero-order valence-corrected chi connectivity index (χ0v) is 13.1. The second kappa shape index (κ2) is 8.08. The van der Waals surface area contributed by atoms with Crippen LogP contribution in [0.4, 0.5) is 4.39 Å². The normalized spacial score (nSPS) is 15.2. The number of aliphatic imine (C=N–C) groups is 1. The van der Waals surface area contributed by atoms with Gasteiger partial charge >= 0.3 is 0 Å². The lowest BCUT2D eigenvalue weighted by atomic mass is 10.2. The first-order valence-corrected chi connectivity index (χ1v) is 6.01. The lowest BCUT2D eigenvalue weighted by molar-refractivity contribution is 0.587. The summed E-state index contributed by atoms with van der Waals surface area (Å²) < 4.78 is 13.4. The van der Waals surface area contributed by atoms with E-state index in [1.807, 2.05) is 0 Å². The van der Waals surface area contributed by atoms with Crippen molar-refractivity contribution in [2.75, 3.05) is 7.05 Å². The average molecular weight is 376 g/mol. The maximum Gasteiger partial charge on any atom is 0.191 e. The van der Waals surface area contributed by atoms with E-state index in [2.05, 4.69) is 32.8 Å². The molecule has 0 bridgehead atoms. The van der Waals surface area contributed by atoms with Crippen LogP contribution in [-0.4, -0.2) is 24.0 Å². The third-order valence-corrected chi connectivity index (χ3v) is 2.83. The van der Waals surface area contributed by atoms with Gasteiger partial charge in [-0.05, 0) is 25.0 Å². The third-order valence-electron chi connectivity index (χ3n) is 2.83. The molecule has 19 heavy (non-hydrogen) atoms. The Hall–Kier alpha value is -1.18. The summed E-state index contributed by atoms with van der Waals surface area (Å²) in [7, 11) is 1.70. The molecule has 4 nitrogen and oxygen atoms in total. The van der Waals surface area contributed by atoms with Crippen molar-refractivity contribution in [1.82, 2.24) is 15.6 Å². The van der Waals surface area contributed by atoms with Crippen LogP contribution in [-0.2, 0) is 6.54 Å². The Morgan fingerprint density at radius 3 is 2.84 bits per heavy atom. The fourth-order valence-electron chi connectivity index (χ4n) is 1.84. The number of pyridine rings is 1. The molecule has 1 aromatic heterocycles. The van der Waals surface area contributed by atoms with Gasteiger partial charge in [-0.25, -0.2) is 4.39 Å². The van der Waals surface area contributed by atoms with E-state index in [-0.39, 0.29) is 29.8 Å². The van der Waals surface area contributed by atoms with E-state index in [0.29, 0.717) is 24.2 Å². The number of aromatic nitrogens is 1. The standard InChI is InChI=1S/C13H17FN4.HI/c1-15-13(18-10-5-2-3-6-10)17-9-12-11(14)7-4-8-16-12;/h2-4,7-8,10H,5-6,9H2,1H3,(H2,15,17,18);1H. The molecule has 0 amide bonds. The van der Waals surface area contributed by atoms with Crippen LogP contribution < -0.4 is 10.6 Å². The Morgan fingerprint density at radius 1 is 1.47 bits per heavy atom. The van der Waals surface area contributed by atoms with Crippen LogP contribution in [0.1, 0.15) is 18.5 Å². The second-order valence-corrected chi connectivity index (χ2v) is 4.14. The molecule has 1 aliphatic rings. The molecular weight excluding hydrogens is 358 g/mol. The van der Waals surface area contributed by atoms with Crippen LogP contribution in [0.2, 0.25) is 0 Å². The first-order valence-electron chi connectivity index (χ1n) is 6.01. The minimum absolute atomic E-state index is 0. The Balaban J connectivity index is 0.00000180. The van der Waals surface area contributed by atoms with Crippen molar-refractivity contribution in [3.63, 3.8) is 0 Å². The molecule has 0 spiro atoms. The summed E-state index contributed by atoms with van der Waals surface area (Å²) in [5, 5.41) is 6.34.